The molecule has 16 heavy (non-hydrogen) atoms. The van der Waals surface area contributed by atoms with Crippen molar-refractivity contribution in [2.75, 3.05) is 19.7 Å². The Morgan fingerprint density at radius 2 is 1.94 bits per heavy atom. The van der Waals surface area contributed by atoms with Crippen molar-refractivity contribution in [1.29, 1.82) is 0 Å². The molecule has 2 fully saturated rings. The van der Waals surface area contributed by atoms with Crippen molar-refractivity contribution in [3.63, 3.8) is 0 Å². The van der Waals surface area contributed by atoms with Crippen LogP contribution in [0.4, 0.5) is 0 Å². The smallest absolute Gasteiger partial charge is 0.223 e. The number of hydrogen-bond acceptors (Lipinski definition) is 3. The van der Waals surface area contributed by atoms with Crippen LogP contribution in [0.5, 0.6) is 0 Å². The van der Waals surface area contributed by atoms with Crippen LogP contribution in [0.1, 0.15) is 38.5 Å². The van der Waals surface area contributed by atoms with E-state index < -0.39 is 0 Å². The van der Waals surface area contributed by atoms with Gasteiger partial charge in [0.1, 0.15) is 0 Å². The molecule has 0 bridgehead atoms. The third kappa shape index (κ3) is 2.55. The van der Waals surface area contributed by atoms with E-state index in [1.807, 2.05) is 0 Å². The van der Waals surface area contributed by atoms with Crippen LogP contribution in [0.3, 0.4) is 0 Å². The van der Waals surface area contributed by atoms with Crippen LogP contribution in [0.15, 0.2) is 0 Å². The predicted octanol–water partition coefficient (Wildman–Crippen LogP) is 0.407. The molecule has 0 radical (unpaired) electrons. The molecule has 4 nitrogen and oxygen atoms in total. The van der Waals surface area contributed by atoms with E-state index in [9.17, 15) is 9.90 Å². The van der Waals surface area contributed by atoms with Gasteiger partial charge in [-0.25, -0.2) is 0 Å². The average molecular weight is 226 g/mol. The molecule has 2 aliphatic rings. The highest BCUT2D eigenvalue weighted by Crippen LogP contribution is 2.29. The molecule has 0 aromatic rings. The summed E-state index contributed by atoms with van der Waals surface area (Å²) in [6.45, 7) is 1.96. The third-order valence-corrected chi connectivity index (χ3v) is 3.96. The maximum atomic E-state index is 12.1. The lowest BCUT2D eigenvalue weighted by Gasteiger charge is -2.31. The van der Waals surface area contributed by atoms with E-state index in [1.54, 1.807) is 0 Å². The van der Waals surface area contributed by atoms with E-state index in [4.69, 9.17) is 0 Å². The number of piperidine rings is 1. The van der Waals surface area contributed by atoms with Gasteiger partial charge in [-0.15, -0.1) is 0 Å². The quantitative estimate of drug-likeness (QED) is 0.653. The Morgan fingerprint density at radius 3 is 2.50 bits per heavy atom. The van der Waals surface area contributed by atoms with Crippen molar-refractivity contribution in [2.24, 2.45) is 5.92 Å². The van der Waals surface area contributed by atoms with Gasteiger partial charge in [0.2, 0.25) is 5.91 Å². The molecule has 1 aliphatic heterocycles. The van der Waals surface area contributed by atoms with Crippen LogP contribution < -0.4 is 10.6 Å². The van der Waals surface area contributed by atoms with Gasteiger partial charge < -0.3 is 15.7 Å². The summed E-state index contributed by atoms with van der Waals surface area (Å²) >= 11 is 0. The Morgan fingerprint density at radius 1 is 1.31 bits per heavy atom. The lowest BCUT2D eigenvalue weighted by atomic mass is 9.93. The number of rotatable bonds is 3. The number of aliphatic hydroxyl groups excluding tert-OH is 1. The topological polar surface area (TPSA) is 61.4 Å². The highest BCUT2D eigenvalue weighted by atomic mass is 16.3. The number of amides is 1. The minimum atomic E-state index is -0.304. The molecule has 0 aromatic heterocycles. The maximum absolute atomic E-state index is 12.1. The van der Waals surface area contributed by atoms with Crippen molar-refractivity contribution in [1.82, 2.24) is 10.6 Å². The van der Waals surface area contributed by atoms with Crippen molar-refractivity contribution in [2.45, 2.75) is 44.1 Å². The molecule has 1 amide bonds. The van der Waals surface area contributed by atoms with Gasteiger partial charge in [-0.2, -0.15) is 0 Å². The second kappa shape index (κ2) is 5.15. The first kappa shape index (κ1) is 11.9. The highest BCUT2D eigenvalue weighted by molar-refractivity contribution is 5.79. The molecule has 0 unspecified atom stereocenters. The fourth-order valence-corrected chi connectivity index (χ4v) is 2.82. The molecule has 0 spiro atoms. The van der Waals surface area contributed by atoms with E-state index in [0.717, 1.165) is 51.6 Å². The van der Waals surface area contributed by atoms with Crippen LogP contribution in [-0.2, 0) is 4.79 Å². The van der Waals surface area contributed by atoms with Gasteiger partial charge in [0.15, 0.2) is 0 Å². The Kier molecular flexibility index (Phi) is 3.82. The predicted molar refractivity (Wildman–Crippen MR) is 62.0 cm³/mol. The van der Waals surface area contributed by atoms with Gasteiger partial charge in [0, 0.05) is 5.92 Å². The van der Waals surface area contributed by atoms with E-state index >= 15 is 0 Å². The van der Waals surface area contributed by atoms with E-state index in [1.165, 1.54) is 0 Å². The molecule has 1 heterocycles. The molecule has 4 heteroatoms. The minimum absolute atomic E-state index is 0.0870. The molecular weight excluding hydrogens is 204 g/mol. The average Bonchev–Trinajstić information content (AvgIpc) is 2.79. The maximum Gasteiger partial charge on any atom is 0.223 e. The first-order valence-corrected chi connectivity index (χ1v) is 6.39. The van der Waals surface area contributed by atoms with Gasteiger partial charge in [0.05, 0.1) is 12.1 Å². The second-order valence-corrected chi connectivity index (χ2v) is 5.16. The monoisotopic (exact) mass is 226 g/mol. The van der Waals surface area contributed by atoms with Gasteiger partial charge in [0.25, 0.3) is 0 Å². The van der Waals surface area contributed by atoms with Crippen LogP contribution in [-0.4, -0.2) is 36.2 Å². The number of carbonyl (C=O) groups excluding carboxylic acids is 1. The van der Waals surface area contributed by atoms with Crippen molar-refractivity contribution in [3.8, 4) is 0 Å². The molecule has 1 saturated carbocycles. The zero-order valence-electron chi connectivity index (χ0n) is 9.80. The lowest BCUT2D eigenvalue weighted by molar-refractivity contribution is -0.128. The Hall–Kier alpha value is -0.610. The summed E-state index contributed by atoms with van der Waals surface area (Å²) in [5.74, 6) is 0.294. The number of nitrogens with one attached hydrogen (secondary N) is 2. The van der Waals surface area contributed by atoms with Crippen LogP contribution >= 0.6 is 0 Å². The first-order valence-electron chi connectivity index (χ1n) is 6.39. The SMILES string of the molecule is O=C(NC1(CO)CCCC1)C1CCNCC1. The number of aliphatic hydroxyl groups is 1. The van der Waals surface area contributed by atoms with Crippen molar-refractivity contribution < 1.29 is 9.90 Å². The molecule has 2 rings (SSSR count). The Bertz CT molecular complexity index is 243. The Labute approximate surface area is 96.8 Å². The second-order valence-electron chi connectivity index (χ2n) is 5.16. The summed E-state index contributed by atoms with van der Waals surface area (Å²) in [7, 11) is 0. The van der Waals surface area contributed by atoms with Crippen LogP contribution in [0, 0.1) is 5.92 Å². The van der Waals surface area contributed by atoms with Crippen molar-refractivity contribution in [3.05, 3.63) is 0 Å². The summed E-state index contributed by atoms with van der Waals surface area (Å²) in [6, 6.07) is 0. The molecule has 92 valence electrons. The summed E-state index contributed by atoms with van der Waals surface area (Å²) < 4.78 is 0. The summed E-state index contributed by atoms with van der Waals surface area (Å²) in [5.41, 5.74) is -0.304. The zero-order chi connectivity index (χ0) is 11.4. The van der Waals surface area contributed by atoms with Crippen molar-refractivity contribution >= 4 is 5.91 Å². The normalized spacial score (nSPS) is 25.6. The minimum Gasteiger partial charge on any atom is -0.394 e. The first-order chi connectivity index (χ1) is 7.76. The van der Waals surface area contributed by atoms with Gasteiger partial charge in [-0.3, -0.25) is 4.79 Å². The molecule has 1 saturated heterocycles. The molecule has 3 N–H and O–H groups in total. The molecular formula is C12H22N2O2. The van der Waals surface area contributed by atoms with Crippen LogP contribution in [0.2, 0.25) is 0 Å². The Balaban J connectivity index is 1.89. The summed E-state index contributed by atoms with van der Waals surface area (Å²) in [4.78, 5) is 12.1. The molecule has 1 aliphatic carbocycles. The number of hydrogen-bond donors (Lipinski definition) is 3. The summed E-state index contributed by atoms with van der Waals surface area (Å²) in [5, 5.41) is 15.8. The highest BCUT2D eigenvalue weighted by Gasteiger charge is 2.36. The van der Waals surface area contributed by atoms with Gasteiger partial charge in [-0.05, 0) is 38.8 Å². The fraction of sp³-hybridized carbons (Fsp3) is 0.917. The molecule has 0 atom stereocenters. The fourth-order valence-electron chi connectivity index (χ4n) is 2.82. The van der Waals surface area contributed by atoms with E-state index in [0.29, 0.717) is 0 Å². The van der Waals surface area contributed by atoms with Gasteiger partial charge in [-0.1, -0.05) is 12.8 Å². The largest absolute Gasteiger partial charge is 0.394 e. The lowest BCUT2D eigenvalue weighted by Crippen LogP contribution is -2.52. The third-order valence-electron chi connectivity index (χ3n) is 3.96. The van der Waals surface area contributed by atoms with E-state index in [2.05, 4.69) is 10.6 Å². The van der Waals surface area contributed by atoms with E-state index in [-0.39, 0.29) is 24.0 Å². The summed E-state index contributed by atoms with van der Waals surface area (Å²) in [6.07, 6.45) is 5.95. The standard InChI is InChI=1S/C12H22N2O2/c15-9-12(5-1-2-6-12)14-11(16)10-3-7-13-8-4-10/h10,13,15H,1-9H2,(H,14,16). The van der Waals surface area contributed by atoms with Crippen LogP contribution in [0.25, 0.3) is 0 Å². The number of carbonyl (C=O) groups is 1. The van der Waals surface area contributed by atoms with Gasteiger partial charge >= 0.3 is 0 Å². The molecule has 0 aromatic carbocycles. The zero-order valence-corrected chi connectivity index (χ0v) is 9.80.